The molecule has 0 aromatic heterocycles. The lowest BCUT2D eigenvalue weighted by atomic mass is 10.0. The quantitative estimate of drug-likeness (QED) is 0.759. The summed E-state index contributed by atoms with van der Waals surface area (Å²) in [5.41, 5.74) is 2.42. The Kier molecular flexibility index (Phi) is 3.29. The van der Waals surface area contributed by atoms with Crippen molar-refractivity contribution in [1.29, 1.82) is 0 Å². The van der Waals surface area contributed by atoms with Crippen molar-refractivity contribution in [3.05, 3.63) is 47.5 Å². The largest absolute Gasteiger partial charge is 0.396 e. The van der Waals surface area contributed by atoms with Gasteiger partial charge >= 0.3 is 0 Å². The van der Waals surface area contributed by atoms with Crippen molar-refractivity contribution in [3.8, 4) is 0 Å². The molecule has 2 rings (SSSR count). The van der Waals surface area contributed by atoms with E-state index in [0.717, 1.165) is 5.75 Å². The van der Waals surface area contributed by atoms with Crippen molar-refractivity contribution in [2.24, 2.45) is 0 Å². The van der Waals surface area contributed by atoms with Gasteiger partial charge in [-0.25, -0.2) is 0 Å². The van der Waals surface area contributed by atoms with E-state index in [1.807, 2.05) is 12.1 Å². The minimum Gasteiger partial charge on any atom is -0.396 e. The molecule has 2 aromatic rings. The Morgan fingerprint density at radius 1 is 1.13 bits per heavy atom. The number of aliphatic hydroxyl groups is 1. The molecule has 0 bridgehead atoms. The van der Waals surface area contributed by atoms with E-state index in [1.54, 1.807) is 0 Å². The van der Waals surface area contributed by atoms with E-state index in [2.05, 4.69) is 36.9 Å². The molecular weight excluding hydrogens is 204 g/mol. The van der Waals surface area contributed by atoms with Crippen LogP contribution in [0.2, 0.25) is 0 Å². The van der Waals surface area contributed by atoms with Crippen molar-refractivity contribution in [3.63, 3.8) is 0 Å². The van der Waals surface area contributed by atoms with E-state index < -0.39 is 0 Å². The van der Waals surface area contributed by atoms with Gasteiger partial charge in [0.2, 0.25) is 0 Å². The molecule has 0 saturated heterocycles. The molecule has 0 amide bonds. The van der Waals surface area contributed by atoms with Crippen LogP contribution in [0.5, 0.6) is 0 Å². The summed E-state index contributed by atoms with van der Waals surface area (Å²) < 4.78 is 0. The standard InChI is InChI=1S/C13H14OS/c14-6-5-10-7-11-3-1-2-4-13(11)12(8-10)9-15/h1-4,7-8,14-15H,5-6,9H2. The van der Waals surface area contributed by atoms with Crippen LogP contribution in [0.15, 0.2) is 36.4 Å². The third-order valence-corrected chi connectivity index (χ3v) is 2.92. The first-order chi connectivity index (χ1) is 7.35. The van der Waals surface area contributed by atoms with Crippen LogP contribution in [0.3, 0.4) is 0 Å². The van der Waals surface area contributed by atoms with Gasteiger partial charge in [-0.05, 0) is 28.3 Å². The molecule has 0 aliphatic heterocycles. The van der Waals surface area contributed by atoms with E-state index in [4.69, 9.17) is 5.11 Å². The third-order valence-electron chi connectivity index (χ3n) is 2.58. The van der Waals surface area contributed by atoms with Crippen LogP contribution in [0, 0.1) is 0 Å². The molecule has 0 saturated carbocycles. The Labute approximate surface area is 95.2 Å². The van der Waals surface area contributed by atoms with E-state index in [9.17, 15) is 0 Å². The van der Waals surface area contributed by atoms with E-state index >= 15 is 0 Å². The van der Waals surface area contributed by atoms with Gasteiger partial charge in [0.05, 0.1) is 0 Å². The fourth-order valence-corrected chi connectivity index (χ4v) is 2.12. The highest BCUT2D eigenvalue weighted by Crippen LogP contribution is 2.22. The SMILES string of the molecule is OCCc1cc(CS)c2ccccc2c1. The van der Waals surface area contributed by atoms with Gasteiger partial charge < -0.3 is 5.11 Å². The first-order valence-electron chi connectivity index (χ1n) is 5.07. The monoisotopic (exact) mass is 218 g/mol. The van der Waals surface area contributed by atoms with Gasteiger partial charge in [-0.2, -0.15) is 12.6 Å². The maximum absolute atomic E-state index is 8.94. The first-order valence-corrected chi connectivity index (χ1v) is 5.70. The highest BCUT2D eigenvalue weighted by molar-refractivity contribution is 7.79. The van der Waals surface area contributed by atoms with Crippen LogP contribution in [-0.2, 0) is 12.2 Å². The number of hydrogen-bond donors (Lipinski definition) is 2. The molecular formula is C13H14OS. The number of benzene rings is 2. The molecule has 0 fully saturated rings. The van der Waals surface area contributed by atoms with Gasteiger partial charge in [0.1, 0.15) is 0 Å². The van der Waals surface area contributed by atoms with Crippen molar-refractivity contribution in [2.75, 3.05) is 6.61 Å². The van der Waals surface area contributed by atoms with Crippen molar-refractivity contribution in [1.82, 2.24) is 0 Å². The highest BCUT2D eigenvalue weighted by atomic mass is 32.1. The molecule has 0 atom stereocenters. The van der Waals surface area contributed by atoms with Crippen molar-refractivity contribution < 1.29 is 5.11 Å². The molecule has 15 heavy (non-hydrogen) atoms. The summed E-state index contributed by atoms with van der Waals surface area (Å²) in [7, 11) is 0. The van der Waals surface area contributed by atoms with E-state index in [0.29, 0.717) is 6.42 Å². The van der Waals surface area contributed by atoms with Gasteiger partial charge in [-0.15, -0.1) is 0 Å². The van der Waals surface area contributed by atoms with Crippen LogP contribution in [0.25, 0.3) is 10.8 Å². The molecule has 1 N–H and O–H groups in total. The topological polar surface area (TPSA) is 20.2 Å². The van der Waals surface area contributed by atoms with E-state index in [-0.39, 0.29) is 6.61 Å². The molecule has 0 aliphatic rings. The minimum atomic E-state index is 0.199. The Morgan fingerprint density at radius 2 is 1.93 bits per heavy atom. The second-order valence-electron chi connectivity index (χ2n) is 3.61. The zero-order valence-corrected chi connectivity index (χ0v) is 9.37. The molecule has 2 aromatic carbocycles. The average Bonchev–Trinajstić information content (AvgIpc) is 2.28. The van der Waals surface area contributed by atoms with Crippen molar-refractivity contribution >= 4 is 23.4 Å². The number of rotatable bonds is 3. The van der Waals surface area contributed by atoms with Crippen LogP contribution in [0.4, 0.5) is 0 Å². The summed E-state index contributed by atoms with van der Waals surface area (Å²) in [5, 5.41) is 11.4. The van der Waals surface area contributed by atoms with Gasteiger partial charge in [-0.3, -0.25) is 0 Å². The van der Waals surface area contributed by atoms with Gasteiger partial charge in [0.25, 0.3) is 0 Å². The van der Waals surface area contributed by atoms with E-state index in [1.165, 1.54) is 21.9 Å². The summed E-state index contributed by atoms with van der Waals surface area (Å²) in [6, 6.07) is 12.6. The summed E-state index contributed by atoms with van der Waals surface area (Å²) in [4.78, 5) is 0. The summed E-state index contributed by atoms with van der Waals surface area (Å²) in [6.45, 7) is 0.199. The predicted molar refractivity (Wildman–Crippen MR) is 67.4 cm³/mol. The molecule has 1 nitrogen and oxygen atoms in total. The molecule has 0 radical (unpaired) electrons. The van der Waals surface area contributed by atoms with Crippen LogP contribution >= 0.6 is 12.6 Å². The highest BCUT2D eigenvalue weighted by Gasteiger charge is 2.02. The molecule has 0 spiro atoms. The lowest BCUT2D eigenvalue weighted by Gasteiger charge is -2.07. The molecule has 78 valence electrons. The minimum absolute atomic E-state index is 0.199. The molecule has 0 unspecified atom stereocenters. The molecule has 0 heterocycles. The fourth-order valence-electron chi connectivity index (χ4n) is 1.86. The smallest absolute Gasteiger partial charge is 0.0471 e. The first kappa shape index (κ1) is 10.5. The van der Waals surface area contributed by atoms with Gasteiger partial charge in [0.15, 0.2) is 0 Å². The van der Waals surface area contributed by atoms with Gasteiger partial charge in [-0.1, -0.05) is 36.4 Å². The number of hydrogen-bond acceptors (Lipinski definition) is 2. The Bertz CT molecular complexity index is 465. The Morgan fingerprint density at radius 3 is 2.67 bits per heavy atom. The number of thiol groups is 1. The third kappa shape index (κ3) is 2.16. The molecule has 2 heteroatoms. The summed E-state index contributed by atoms with van der Waals surface area (Å²) in [5.74, 6) is 0.736. The normalized spacial score (nSPS) is 10.8. The van der Waals surface area contributed by atoms with Crippen LogP contribution in [-0.4, -0.2) is 11.7 Å². The Balaban J connectivity index is 2.60. The summed E-state index contributed by atoms with van der Waals surface area (Å²) in [6.07, 6.45) is 0.714. The zero-order chi connectivity index (χ0) is 10.7. The molecule has 0 aliphatic carbocycles. The van der Waals surface area contributed by atoms with Gasteiger partial charge in [0, 0.05) is 12.4 Å². The summed E-state index contributed by atoms with van der Waals surface area (Å²) >= 11 is 4.34. The number of aliphatic hydroxyl groups excluding tert-OH is 1. The fraction of sp³-hybridized carbons (Fsp3) is 0.231. The second-order valence-corrected chi connectivity index (χ2v) is 3.92. The van der Waals surface area contributed by atoms with Crippen molar-refractivity contribution in [2.45, 2.75) is 12.2 Å². The average molecular weight is 218 g/mol. The lowest BCUT2D eigenvalue weighted by molar-refractivity contribution is 0.299. The number of fused-ring (bicyclic) bond motifs is 1. The van der Waals surface area contributed by atoms with Crippen LogP contribution in [0.1, 0.15) is 11.1 Å². The maximum atomic E-state index is 8.94. The second kappa shape index (κ2) is 4.69. The Hall–Kier alpha value is -0.990. The van der Waals surface area contributed by atoms with Crippen LogP contribution < -0.4 is 0 Å². The zero-order valence-electron chi connectivity index (χ0n) is 8.48. The lowest BCUT2D eigenvalue weighted by Crippen LogP contribution is -1.93. The predicted octanol–water partition coefficient (Wildman–Crippen LogP) is 2.80. The maximum Gasteiger partial charge on any atom is 0.0471 e.